The van der Waals surface area contributed by atoms with Crippen LogP contribution in [0.2, 0.25) is 0 Å². The van der Waals surface area contributed by atoms with Crippen LogP contribution in [0.15, 0.2) is 54.6 Å². The molecule has 1 N–H and O–H groups in total. The van der Waals surface area contributed by atoms with Crippen molar-refractivity contribution < 1.29 is 9.59 Å². The Hall–Kier alpha value is -2.46. The lowest BCUT2D eigenvalue weighted by Crippen LogP contribution is -2.44. The molecule has 0 bridgehead atoms. The number of likely N-dealkylation sites (tertiary alicyclic amines) is 1. The van der Waals surface area contributed by atoms with Gasteiger partial charge < -0.3 is 5.32 Å². The van der Waals surface area contributed by atoms with Crippen LogP contribution in [0.3, 0.4) is 0 Å². The molecular formula is C21H24N2O2. The molecule has 1 heterocycles. The van der Waals surface area contributed by atoms with Crippen LogP contribution in [-0.2, 0) is 4.79 Å². The van der Waals surface area contributed by atoms with Crippen molar-refractivity contribution in [1.29, 1.82) is 0 Å². The number of ketones is 1. The second-order valence-electron chi connectivity index (χ2n) is 6.50. The maximum Gasteiger partial charge on any atom is 0.241 e. The van der Waals surface area contributed by atoms with Gasteiger partial charge in [0.2, 0.25) is 5.91 Å². The van der Waals surface area contributed by atoms with Crippen molar-refractivity contribution in [2.24, 2.45) is 0 Å². The Morgan fingerprint density at radius 1 is 0.920 bits per heavy atom. The van der Waals surface area contributed by atoms with Crippen LogP contribution in [0.25, 0.3) is 0 Å². The number of nitrogens with zero attached hydrogens (tertiary/aromatic N) is 1. The normalized spacial score (nSPS) is 16.2. The highest BCUT2D eigenvalue weighted by Crippen LogP contribution is 2.20. The molecule has 3 rings (SSSR count). The minimum atomic E-state index is -0.194. The molecule has 2 aromatic rings. The molecule has 4 heteroatoms. The molecule has 0 spiro atoms. The van der Waals surface area contributed by atoms with Crippen molar-refractivity contribution in [2.45, 2.75) is 32.2 Å². The summed E-state index contributed by atoms with van der Waals surface area (Å²) < 4.78 is 0. The summed E-state index contributed by atoms with van der Waals surface area (Å²) in [5.74, 6) is -0.141. The van der Waals surface area contributed by atoms with E-state index in [0.717, 1.165) is 25.9 Å². The Labute approximate surface area is 148 Å². The molecule has 1 aliphatic rings. The lowest BCUT2D eigenvalue weighted by atomic mass is 10.0. The fraction of sp³-hybridized carbons (Fsp3) is 0.333. The lowest BCUT2D eigenvalue weighted by Gasteiger charge is -2.31. The molecule has 1 amide bonds. The maximum absolute atomic E-state index is 12.8. The molecule has 0 saturated carbocycles. The van der Waals surface area contributed by atoms with Crippen LogP contribution >= 0.6 is 0 Å². The van der Waals surface area contributed by atoms with E-state index in [1.54, 1.807) is 24.3 Å². The number of para-hydroxylation sites is 1. The van der Waals surface area contributed by atoms with Crippen LogP contribution in [0.5, 0.6) is 0 Å². The first kappa shape index (κ1) is 17.4. The Morgan fingerprint density at radius 3 is 2.28 bits per heavy atom. The van der Waals surface area contributed by atoms with E-state index in [0.29, 0.717) is 16.8 Å². The van der Waals surface area contributed by atoms with Gasteiger partial charge in [0, 0.05) is 11.1 Å². The van der Waals surface area contributed by atoms with Gasteiger partial charge in [-0.15, -0.1) is 0 Å². The van der Waals surface area contributed by atoms with E-state index < -0.39 is 0 Å². The summed E-state index contributed by atoms with van der Waals surface area (Å²) in [5, 5.41) is 2.96. The van der Waals surface area contributed by atoms with Gasteiger partial charge in [0.15, 0.2) is 5.78 Å². The summed E-state index contributed by atoms with van der Waals surface area (Å²) in [6.07, 6.45) is 3.51. The van der Waals surface area contributed by atoms with Crippen molar-refractivity contribution in [3.05, 3.63) is 65.7 Å². The van der Waals surface area contributed by atoms with Gasteiger partial charge in [-0.05, 0) is 45.0 Å². The van der Waals surface area contributed by atoms with Gasteiger partial charge in [-0.1, -0.05) is 48.9 Å². The number of amides is 1. The molecule has 4 nitrogen and oxygen atoms in total. The van der Waals surface area contributed by atoms with E-state index in [4.69, 9.17) is 0 Å². The smallest absolute Gasteiger partial charge is 0.241 e. The van der Waals surface area contributed by atoms with Crippen molar-refractivity contribution in [3.8, 4) is 0 Å². The summed E-state index contributed by atoms with van der Waals surface area (Å²) in [6, 6.07) is 16.1. The average molecular weight is 336 g/mol. The maximum atomic E-state index is 12.8. The van der Waals surface area contributed by atoms with E-state index in [-0.39, 0.29) is 17.7 Å². The van der Waals surface area contributed by atoms with Crippen molar-refractivity contribution in [3.63, 3.8) is 0 Å². The summed E-state index contributed by atoms with van der Waals surface area (Å²) in [6.45, 7) is 3.85. The van der Waals surface area contributed by atoms with E-state index in [2.05, 4.69) is 10.2 Å². The van der Waals surface area contributed by atoms with Crippen LogP contribution in [0, 0.1) is 0 Å². The van der Waals surface area contributed by atoms with Gasteiger partial charge in [0.05, 0.1) is 11.7 Å². The first-order valence-electron chi connectivity index (χ1n) is 8.90. The van der Waals surface area contributed by atoms with Gasteiger partial charge >= 0.3 is 0 Å². The van der Waals surface area contributed by atoms with Crippen LogP contribution in [0.1, 0.15) is 42.1 Å². The molecule has 0 aliphatic carbocycles. The Bertz CT molecular complexity index is 737. The number of anilines is 1. The first-order valence-corrected chi connectivity index (χ1v) is 8.90. The third kappa shape index (κ3) is 4.15. The number of carbonyl (C=O) groups excluding carboxylic acids is 2. The third-order valence-electron chi connectivity index (χ3n) is 4.78. The molecule has 1 saturated heterocycles. The number of piperidine rings is 1. The Morgan fingerprint density at radius 2 is 1.56 bits per heavy atom. The third-order valence-corrected chi connectivity index (χ3v) is 4.78. The summed E-state index contributed by atoms with van der Waals surface area (Å²) in [5.41, 5.74) is 1.71. The molecule has 0 radical (unpaired) electrons. The number of rotatable bonds is 5. The van der Waals surface area contributed by atoms with E-state index >= 15 is 0 Å². The van der Waals surface area contributed by atoms with Crippen LogP contribution < -0.4 is 5.32 Å². The topological polar surface area (TPSA) is 49.4 Å². The van der Waals surface area contributed by atoms with Crippen LogP contribution in [-0.4, -0.2) is 35.7 Å². The molecule has 1 fully saturated rings. The highest BCUT2D eigenvalue weighted by molar-refractivity contribution is 6.14. The highest BCUT2D eigenvalue weighted by Gasteiger charge is 2.24. The minimum absolute atomic E-state index is 0.0600. The monoisotopic (exact) mass is 336 g/mol. The second kappa shape index (κ2) is 8.08. The van der Waals surface area contributed by atoms with Gasteiger partial charge in [0.1, 0.15) is 0 Å². The van der Waals surface area contributed by atoms with Gasteiger partial charge in [0.25, 0.3) is 0 Å². The summed E-state index contributed by atoms with van der Waals surface area (Å²) in [7, 11) is 0. The zero-order chi connectivity index (χ0) is 17.6. The predicted molar refractivity (Wildman–Crippen MR) is 99.8 cm³/mol. The molecular weight excluding hydrogens is 312 g/mol. The SMILES string of the molecule is CC(C(=O)Nc1ccccc1C(=O)c1ccccc1)N1CCCCC1. The van der Waals surface area contributed by atoms with Crippen molar-refractivity contribution >= 4 is 17.4 Å². The summed E-state index contributed by atoms with van der Waals surface area (Å²) >= 11 is 0. The number of hydrogen-bond acceptors (Lipinski definition) is 3. The van der Waals surface area contributed by atoms with Crippen molar-refractivity contribution in [2.75, 3.05) is 18.4 Å². The minimum Gasteiger partial charge on any atom is -0.324 e. The van der Waals surface area contributed by atoms with Gasteiger partial charge in [-0.2, -0.15) is 0 Å². The molecule has 0 aromatic heterocycles. The number of hydrogen-bond donors (Lipinski definition) is 1. The van der Waals surface area contributed by atoms with E-state index in [9.17, 15) is 9.59 Å². The molecule has 130 valence electrons. The molecule has 25 heavy (non-hydrogen) atoms. The van der Waals surface area contributed by atoms with Crippen molar-refractivity contribution in [1.82, 2.24) is 4.90 Å². The fourth-order valence-electron chi connectivity index (χ4n) is 3.24. The zero-order valence-corrected chi connectivity index (χ0v) is 14.6. The first-order chi connectivity index (χ1) is 12.2. The number of nitrogens with one attached hydrogen (secondary N) is 1. The number of carbonyl (C=O) groups is 2. The zero-order valence-electron chi connectivity index (χ0n) is 14.6. The Kier molecular flexibility index (Phi) is 5.61. The largest absolute Gasteiger partial charge is 0.324 e. The van der Waals surface area contributed by atoms with Crippen LogP contribution in [0.4, 0.5) is 5.69 Å². The molecule has 1 atom stereocenters. The Balaban J connectivity index is 1.76. The molecule has 1 unspecified atom stereocenters. The number of benzene rings is 2. The van der Waals surface area contributed by atoms with E-state index in [1.165, 1.54) is 6.42 Å². The quantitative estimate of drug-likeness (QED) is 0.847. The highest BCUT2D eigenvalue weighted by atomic mass is 16.2. The second-order valence-corrected chi connectivity index (χ2v) is 6.50. The van der Waals surface area contributed by atoms with Gasteiger partial charge in [-0.25, -0.2) is 0 Å². The molecule has 1 aliphatic heterocycles. The average Bonchev–Trinajstić information content (AvgIpc) is 2.68. The standard InChI is InChI=1S/C21H24N2O2/c1-16(23-14-8-3-9-15-23)21(25)22-19-13-7-6-12-18(19)20(24)17-10-4-2-5-11-17/h2,4-7,10-13,16H,3,8-9,14-15H2,1H3,(H,22,25). The van der Waals surface area contributed by atoms with E-state index in [1.807, 2.05) is 37.3 Å². The summed E-state index contributed by atoms with van der Waals surface area (Å²) in [4.78, 5) is 27.6. The lowest BCUT2D eigenvalue weighted by molar-refractivity contribution is -0.121. The molecule has 2 aromatic carbocycles. The predicted octanol–water partition coefficient (Wildman–Crippen LogP) is 3.73. The fourth-order valence-corrected chi connectivity index (χ4v) is 3.24. The van der Waals surface area contributed by atoms with Gasteiger partial charge in [-0.3, -0.25) is 14.5 Å².